The second-order valence-corrected chi connectivity index (χ2v) is 6.20. The van der Waals surface area contributed by atoms with Crippen LogP contribution < -0.4 is 9.47 Å². The van der Waals surface area contributed by atoms with E-state index < -0.39 is 0 Å². The van der Waals surface area contributed by atoms with E-state index in [0.717, 1.165) is 40.3 Å². The van der Waals surface area contributed by atoms with Gasteiger partial charge in [0.25, 0.3) is 0 Å². The van der Waals surface area contributed by atoms with Crippen LogP contribution >= 0.6 is 0 Å². The molecule has 0 N–H and O–H groups in total. The van der Waals surface area contributed by atoms with Gasteiger partial charge in [-0.25, -0.2) is 0 Å². The van der Waals surface area contributed by atoms with Crippen LogP contribution in [-0.4, -0.2) is 26.0 Å². The van der Waals surface area contributed by atoms with Crippen LogP contribution in [0.3, 0.4) is 0 Å². The molecule has 3 aromatic carbocycles. The Labute approximate surface area is 166 Å². The molecule has 0 amide bonds. The summed E-state index contributed by atoms with van der Waals surface area (Å²) in [6.45, 7) is 2.93. The van der Waals surface area contributed by atoms with Gasteiger partial charge in [0.05, 0.1) is 12.8 Å². The molecule has 0 aromatic heterocycles. The lowest BCUT2D eigenvalue weighted by molar-refractivity contribution is 0.107. The average Bonchev–Trinajstić information content (AvgIpc) is 2.77. The highest BCUT2D eigenvalue weighted by Crippen LogP contribution is 2.24. The molecule has 28 heavy (non-hydrogen) atoms. The topological polar surface area (TPSA) is 40.0 Å². The molecular formula is C24H25NO3. The van der Waals surface area contributed by atoms with Crippen LogP contribution in [0.25, 0.3) is 11.1 Å². The molecule has 3 aromatic rings. The molecule has 144 valence electrons. The second kappa shape index (κ2) is 10.2. The fraction of sp³-hybridized carbons (Fsp3) is 0.208. The summed E-state index contributed by atoms with van der Waals surface area (Å²) in [5, 5.41) is 4.29. The number of ether oxygens (including phenoxy) is 2. The normalized spacial score (nSPS) is 11.1. The Kier molecular flexibility index (Phi) is 7.08. The summed E-state index contributed by atoms with van der Waals surface area (Å²) in [5.74, 6) is 1.68. The monoisotopic (exact) mass is 375 g/mol. The number of para-hydroxylation sites is 1. The lowest BCUT2D eigenvalue weighted by Gasteiger charge is -2.08. The Morgan fingerprint density at radius 2 is 1.54 bits per heavy atom. The van der Waals surface area contributed by atoms with Gasteiger partial charge in [0.1, 0.15) is 18.1 Å². The minimum Gasteiger partial charge on any atom is -0.497 e. The van der Waals surface area contributed by atoms with E-state index in [2.05, 4.69) is 42.4 Å². The molecule has 0 unspecified atom stereocenters. The van der Waals surface area contributed by atoms with Crippen LogP contribution in [0.1, 0.15) is 18.9 Å². The molecule has 0 saturated heterocycles. The number of hydrogen-bond donors (Lipinski definition) is 0. The van der Waals surface area contributed by atoms with Gasteiger partial charge < -0.3 is 14.3 Å². The molecule has 0 saturated carbocycles. The first kappa shape index (κ1) is 19.5. The highest BCUT2D eigenvalue weighted by Gasteiger charge is 2.05. The molecule has 0 atom stereocenters. The quantitative estimate of drug-likeness (QED) is 0.279. The van der Waals surface area contributed by atoms with E-state index in [0.29, 0.717) is 13.2 Å². The van der Waals surface area contributed by atoms with Crippen LogP contribution in [0.5, 0.6) is 11.5 Å². The Morgan fingerprint density at radius 3 is 2.25 bits per heavy atom. The standard InChI is InChI=1S/C24H25NO3/c1-3-24(25-28-17-16-27-22-9-5-4-6-10-22)20-14-12-19(13-15-20)21-8-7-11-23(18-21)26-2/h4-15,18H,3,16-17H2,1-2H3. The van der Waals surface area contributed by atoms with Crippen molar-refractivity contribution in [3.63, 3.8) is 0 Å². The van der Waals surface area contributed by atoms with Crippen molar-refractivity contribution in [1.29, 1.82) is 0 Å². The Hall–Kier alpha value is -3.27. The summed E-state index contributed by atoms with van der Waals surface area (Å²) in [7, 11) is 1.68. The first-order chi connectivity index (χ1) is 13.8. The third-order valence-corrected chi connectivity index (χ3v) is 4.32. The number of nitrogens with zero attached hydrogens (tertiary/aromatic N) is 1. The van der Waals surface area contributed by atoms with Crippen LogP contribution in [-0.2, 0) is 4.84 Å². The molecule has 0 fully saturated rings. The predicted molar refractivity (Wildman–Crippen MR) is 113 cm³/mol. The van der Waals surface area contributed by atoms with E-state index in [1.165, 1.54) is 0 Å². The van der Waals surface area contributed by atoms with Gasteiger partial charge in [-0.3, -0.25) is 0 Å². The van der Waals surface area contributed by atoms with Crippen molar-refractivity contribution in [3.05, 3.63) is 84.4 Å². The molecule has 0 aliphatic heterocycles. The molecule has 0 heterocycles. The molecule has 0 bridgehead atoms. The van der Waals surface area contributed by atoms with Gasteiger partial charge >= 0.3 is 0 Å². The third kappa shape index (κ3) is 5.36. The molecule has 4 nitrogen and oxygen atoms in total. The predicted octanol–water partition coefficient (Wildman–Crippen LogP) is 5.57. The zero-order valence-corrected chi connectivity index (χ0v) is 16.3. The van der Waals surface area contributed by atoms with Gasteiger partial charge in [-0.1, -0.05) is 66.7 Å². The molecule has 0 radical (unpaired) electrons. The summed E-state index contributed by atoms with van der Waals surface area (Å²) in [4.78, 5) is 5.45. The van der Waals surface area contributed by atoms with Gasteiger partial charge in [0.2, 0.25) is 0 Å². The van der Waals surface area contributed by atoms with Gasteiger partial charge in [-0.05, 0) is 47.4 Å². The number of methoxy groups -OCH3 is 1. The van der Waals surface area contributed by atoms with Crippen LogP contribution in [0, 0.1) is 0 Å². The fourth-order valence-corrected chi connectivity index (χ4v) is 2.82. The van der Waals surface area contributed by atoms with E-state index in [4.69, 9.17) is 14.3 Å². The van der Waals surface area contributed by atoms with Gasteiger partial charge in [0, 0.05) is 0 Å². The second-order valence-electron chi connectivity index (χ2n) is 6.20. The SMILES string of the molecule is CCC(=NOCCOc1ccccc1)c1ccc(-c2cccc(OC)c2)cc1. The minimum absolute atomic E-state index is 0.403. The average molecular weight is 375 g/mol. The van der Waals surface area contributed by atoms with Gasteiger partial charge in [-0.2, -0.15) is 0 Å². The minimum atomic E-state index is 0.403. The molecule has 0 aliphatic carbocycles. The summed E-state index contributed by atoms with van der Waals surface area (Å²) in [6, 6.07) is 26.0. The molecule has 3 rings (SSSR count). The number of hydrogen-bond acceptors (Lipinski definition) is 4. The Balaban J connectivity index is 1.58. The summed E-state index contributed by atoms with van der Waals surface area (Å²) in [5.41, 5.74) is 4.22. The van der Waals surface area contributed by atoms with Crippen LogP contribution in [0.2, 0.25) is 0 Å². The molecule has 4 heteroatoms. The summed E-state index contributed by atoms with van der Waals surface area (Å²) in [6.07, 6.45) is 0.790. The largest absolute Gasteiger partial charge is 0.497 e. The molecule has 0 aliphatic rings. The lowest BCUT2D eigenvalue weighted by Crippen LogP contribution is -2.06. The molecular weight excluding hydrogens is 350 g/mol. The Bertz CT molecular complexity index is 889. The van der Waals surface area contributed by atoms with E-state index in [1.54, 1.807) is 7.11 Å². The van der Waals surface area contributed by atoms with E-state index in [-0.39, 0.29) is 0 Å². The van der Waals surface area contributed by atoms with E-state index in [9.17, 15) is 0 Å². The van der Waals surface area contributed by atoms with Crippen molar-refractivity contribution in [2.24, 2.45) is 5.16 Å². The fourth-order valence-electron chi connectivity index (χ4n) is 2.82. The first-order valence-corrected chi connectivity index (χ1v) is 9.41. The Morgan fingerprint density at radius 1 is 0.786 bits per heavy atom. The van der Waals surface area contributed by atoms with Gasteiger partial charge in [-0.15, -0.1) is 0 Å². The maximum Gasteiger partial charge on any atom is 0.151 e. The summed E-state index contributed by atoms with van der Waals surface area (Å²) >= 11 is 0. The van der Waals surface area contributed by atoms with Crippen molar-refractivity contribution in [2.75, 3.05) is 20.3 Å². The van der Waals surface area contributed by atoms with E-state index in [1.807, 2.05) is 48.5 Å². The number of rotatable bonds is 9. The van der Waals surface area contributed by atoms with Crippen LogP contribution in [0.4, 0.5) is 0 Å². The number of oxime groups is 1. The smallest absolute Gasteiger partial charge is 0.151 e. The van der Waals surface area contributed by atoms with Crippen molar-refractivity contribution in [2.45, 2.75) is 13.3 Å². The highest BCUT2D eigenvalue weighted by atomic mass is 16.6. The summed E-state index contributed by atoms with van der Waals surface area (Å²) < 4.78 is 10.9. The maximum atomic E-state index is 5.61. The first-order valence-electron chi connectivity index (χ1n) is 9.41. The number of benzene rings is 3. The van der Waals surface area contributed by atoms with Gasteiger partial charge in [0.15, 0.2) is 6.61 Å². The van der Waals surface area contributed by atoms with Crippen molar-refractivity contribution in [3.8, 4) is 22.6 Å². The van der Waals surface area contributed by atoms with E-state index >= 15 is 0 Å². The lowest BCUT2D eigenvalue weighted by atomic mass is 10.0. The van der Waals surface area contributed by atoms with Crippen molar-refractivity contribution >= 4 is 5.71 Å². The van der Waals surface area contributed by atoms with Crippen LogP contribution in [0.15, 0.2) is 84.0 Å². The van der Waals surface area contributed by atoms with Crippen molar-refractivity contribution in [1.82, 2.24) is 0 Å². The molecule has 0 spiro atoms. The highest BCUT2D eigenvalue weighted by molar-refractivity contribution is 6.00. The zero-order chi connectivity index (χ0) is 19.6. The maximum absolute atomic E-state index is 5.61. The third-order valence-electron chi connectivity index (χ3n) is 4.32. The zero-order valence-electron chi connectivity index (χ0n) is 16.3. The van der Waals surface area contributed by atoms with Crippen molar-refractivity contribution < 1.29 is 14.3 Å².